The van der Waals surface area contributed by atoms with Crippen molar-refractivity contribution in [3.05, 3.63) is 89.5 Å². The standard InChI is InChI=1S/C36H45NO8/c1-24(38)43-31-17-14-25(15-18-31)23-42-37-32(39)19-16-30(34(41)45-36(5,6)7)21-26-10-8-11-27(20-26)28-12-9-13-29(22-28)33(40)44-35(2,3)4/h8-15,17-18,20,22,30,33,40H,16,19,21,23H2,1-7H3,(H,37,39). The molecule has 0 bridgehead atoms. The van der Waals surface area contributed by atoms with Crippen molar-refractivity contribution in [2.24, 2.45) is 5.92 Å². The second-order valence-corrected chi connectivity index (χ2v) is 12.9. The lowest BCUT2D eigenvalue weighted by Gasteiger charge is -2.24. The third kappa shape index (κ3) is 12.8. The summed E-state index contributed by atoms with van der Waals surface area (Å²) in [7, 11) is 0. The summed E-state index contributed by atoms with van der Waals surface area (Å²) in [5.74, 6) is -1.28. The zero-order valence-electron chi connectivity index (χ0n) is 27.2. The molecule has 3 rings (SSSR count). The van der Waals surface area contributed by atoms with Crippen LogP contribution in [-0.2, 0) is 41.7 Å². The van der Waals surface area contributed by atoms with Crippen molar-refractivity contribution in [1.82, 2.24) is 5.48 Å². The molecule has 9 nitrogen and oxygen atoms in total. The molecule has 0 aliphatic heterocycles. The van der Waals surface area contributed by atoms with Crippen molar-refractivity contribution in [3.63, 3.8) is 0 Å². The van der Waals surface area contributed by atoms with E-state index < -0.39 is 29.4 Å². The molecule has 3 aromatic rings. The number of ether oxygens (including phenoxy) is 3. The second kappa shape index (κ2) is 15.8. The van der Waals surface area contributed by atoms with Crippen LogP contribution >= 0.6 is 0 Å². The number of benzene rings is 3. The maximum atomic E-state index is 13.2. The van der Waals surface area contributed by atoms with E-state index in [9.17, 15) is 19.5 Å². The normalized spacial score (nSPS) is 13.1. The van der Waals surface area contributed by atoms with Crippen LogP contribution in [0.3, 0.4) is 0 Å². The van der Waals surface area contributed by atoms with Gasteiger partial charge in [0.05, 0.1) is 18.1 Å². The molecule has 0 aliphatic carbocycles. The number of esters is 2. The van der Waals surface area contributed by atoms with Crippen LogP contribution in [0.4, 0.5) is 0 Å². The molecule has 0 radical (unpaired) electrons. The maximum Gasteiger partial charge on any atom is 0.309 e. The number of nitrogens with one attached hydrogen (secondary N) is 1. The summed E-state index contributed by atoms with van der Waals surface area (Å²) in [5, 5.41) is 10.6. The van der Waals surface area contributed by atoms with Gasteiger partial charge in [0.1, 0.15) is 11.4 Å². The molecule has 45 heavy (non-hydrogen) atoms. The summed E-state index contributed by atoms with van der Waals surface area (Å²) in [4.78, 5) is 42.2. The lowest BCUT2D eigenvalue weighted by molar-refractivity contribution is -0.169. The first-order chi connectivity index (χ1) is 21.1. The van der Waals surface area contributed by atoms with Crippen LogP contribution in [0.1, 0.15) is 84.3 Å². The van der Waals surface area contributed by atoms with Gasteiger partial charge in [-0.05, 0) is 94.8 Å². The first kappa shape index (κ1) is 35.4. The average Bonchev–Trinajstić information content (AvgIpc) is 2.94. The minimum absolute atomic E-state index is 0.0582. The monoisotopic (exact) mass is 619 g/mol. The molecule has 3 aromatic carbocycles. The molecule has 2 atom stereocenters. The van der Waals surface area contributed by atoms with E-state index in [0.717, 1.165) is 22.3 Å². The van der Waals surface area contributed by atoms with Crippen molar-refractivity contribution < 1.29 is 38.5 Å². The highest BCUT2D eigenvalue weighted by molar-refractivity contribution is 5.77. The number of hydrogen-bond donors (Lipinski definition) is 2. The number of aliphatic hydroxyl groups is 1. The minimum Gasteiger partial charge on any atom is -0.460 e. The maximum absolute atomic E-state index is 13.2. The Morgan fingerprint density at radius 1 is 0.822 bits per heavy atom. The van der Waals surface area contributed by atoms with E-state index in [1.165, 1.54) is 6.92 Å². The smallest absolute Gasteiger partial charge is 0.309 e. The van der Waals surface area contributed by atoms with E-state index in [1.54, 1.807) is 24.3 Å². The third-order valence-corrected chi connectivity index (χ3v) is 6.45. The van der Waals surface area contributed by atoms with Gasteiger partial charge in [0.15, 0.2) is 6.29 Å². The van der Waals surface area contributed by atoms with Crippen molar-refractivity contribution in [2.75, 3.05) is 0 Å². The lowest BCUT2D eigenvalue weighted by atomic mass is 9.92. The predicted octanol–water partition coefficient (Wildman–Crippen LogP) is 6.61. The first-order valence-electron chi connectivity index (χ1n) is 15.0. The molecule has 0 aromatic heterocycles. The van der Waals surface area contributed by atoms with Crippen molar-refractivity contribution >= 4 is 17.8 Å². The van der Waals surface area contributed by atoms with Crippen LogP contribution in [0, 0.1) is 5.92 Å². The van der Waals surface area contributed by atoms with Gasteiger partial charge in [-0.15, -0.1) is 0 Å². The van der Waals surface area contributed by atoms with Gasteiger partial charge in [-0.2, -0.15) is 0 Å². The van der Waals surface area contributed by atoms with Gasteiger partial charge in [-0.1, -0.05) is 54.6 Å². The van der Waals surface area contributed by atoms with Gasteiger partial charge in [0.25, 0.3) is 0 Å². The second-order valence-electron chi connectivity index (χ2n) is 12.9. The molecule has 0 saturated carbocycles. The van der Waals surface area contributed by atoms with Crippen LogP contribution in [-0.4, -0.2) is 34.2 Å². The van der Waals surface area contributed by atoms with E-state index >= 15 is 0 Å². The SMILES string of the molecule is CC(=O)Oc1ccc(CONC(=O)CCC(Cc2cccc(-c3cccc(C(O)OC(C)(C)C)c3)c2)C(=O)OC(C)(C)C)cc1. The van der Waals surface area contributed by atoms with Crippen LogP contribution in [0.25, 0.3) is 11.1 Å². The van der Waals surface area contributed by atoms with E-state index in [0.29, 0.717) is 17.7 Å². The van der Waals surface area contributed by atoms with Gasteiger partial charge in [-0.25, -0.2) is 5.48 Å². The highest BCUT2D eigenvalue weighted by atomic mass is 16.7. The van der Waals surface area contributed by atoms with Crippen LogP contribution < -0.4 is 10.2 Å². The average molecular weight is 620 g/mol. The molecule has 0 spiro atoms. The summed E-state index contributed by atoms with van der Waals surface area (Å²) in [6.45, 7) is 12.5. The van der Waals surface area contributed by atoms with Gasteiger partial charge in [0.2, 0.25) is 5.91 Å². The first-order valence-corrected chi connectivity index (χ1v) is 15.0. The van der Waals surface area contributed by atoms with E-state index in [2.05, 4.69) is 5.48 Å². The zero-order chi connectivity index (χ0) is 33.2. The van der Waals surface area contributed by atoms with Gasteiger partial charge in [0, 0.05) is 18.9 Å². The van der Waals surface area contributed by atoms with E-state index in [-0.39, 0.29) is 31.3 Å². The van der Waals surface area contributed by atoms with Crippen molar-refractivity contribution in [1.29, 1.82) is 0 Å². The highest BCUT2D eigenvalue weighted by Crippen LogP contribution is 2.28. The molecule has 0 fully saturated rings. The fraction of sp³-hybridized carbons (Fsp3) is 0.417. The fourth-order valence-corrected chi connectivity index (χ4v) is 4.50. The number of aliphatic hydroxyl groups excluding tert-OH is 1. The molecule has 2 N–H and O–H groups in total. The summed E-state index contributed by atoms with van der Waals surface area (Å²) < 4.78 is 16.4. The van der Waals surface area contributed by atoms with Crippen LogP contribution in [0.15, 0.2) is 72.8 Å². The van der Waals surface area contributed by atoms with Crippen molar-refractivity contribution in [2.45, 2.75) is 91.8 Å². The molecule has 0 heterocycles. The Morgan fingerprint density at radius 3 is 2.09 bits per heavy atom. The minimum atomic E-state index is -1.06. The topological polar surface area (TPSA) is 120 Å². The lowest BCUT2D eigenvalue weighted by Crippen LogP contribution is -2.31. The summed E-state index contributed by atoms with van der Waals surface area (Å²) in [6.07, 6.45) is -0.367. The Balaban J connectivity index is 1.65. The van der Waals surface area contributed by atoms with Gasteiger partial charge in [-0.3, -0.25) is 19.2 Å². The Kier molecular flexibility index (Phi) is 12.4. The quantitative estimate of drug-likeness (QED) is 0.0949. The Hall–Kier alpha value is -4.05. The Bertz CT molecular complexity index is 1440. The number of amides is 1. The molecular weight excluding hydrogens is 574 g/mol. The zero-order valence-corrected chi connectivity index (χ0v) is 27.2. The molecule has 2 unspecified atom stereocenters. The van der Waals surface area contributed by atoms with Crippen LogP contribution in [0.2, 0.25) is 0 Å². The number of carbonyl (C=O) groups is 3. The molecule has 9 heteroatoms. The Labute approximate surface area is 265 Å². The molecule has 0 aliphatic rings. The van der Waals surface area contributed by atoms with Gasteiger partial charge < -0.3 is 19.3 Å². The van der Waals surface area contributed by atoms with Gasteiger partial charge >= 0.3 is 11.9 Å². The number of rotatable bonds is 13. The Morgan fingerprint density at radius 2 is 1.47 bits per heavy atom. The number of carbonyl (C=O) groups excluding carboxylic acids is 3. The third-order valence-electron chi connectivity index (χ3n) is 6.45. The summed E-state index contributed by atoms with van der Waals surface area (Å²) in [5.41, 5.74) is 5.41. The number of hydrogen-bond acceptors (Lipinski definition) is 8. The predicted molar refractivity (Wildman–Crippen MR) is 171 cm³/mol. The van der Waals surface area contributed by atoms with E-state index in [4.69, 9.17) is 19.0 Å². The molecule has 0 saturated heterocycles. The summed E-state index contributed by atoms with van der Waals surface area (Å²) >= 11 is 0. The number of hydroxylamine groups is 1. The van der Waals surface area contributed by atoms with Crippen LogP contribution in [0.5, 0.6) is 5.75 Å². The van der Waals surface area contributed by atoms with Crippen molar-refractivity contribution in [3.8, 4) is 16.9 Å². The largest absolute Gasteiger partial charge is 0.460 e. The molecule has 242 valence electrons. The molecular formula is C36H45NO8. The highest BCUT2D eigenvalue weighted by Gasteiger charge is 2.26. The molecule has 1 amide bonds. The summed E-state index contributed by atoms with van der Waals surface area (Å²) in [6, 6.07) is 22.1. The van der Waals surface area contributed by atoms with E-state index in [1.807, 2.05) is 90.1 Å². The fourth-order valence-electron chi connectivity index (χ4n) is 4.50.